The summed E-state index contributed by atoms with van der Waals surface area (Å²) in [5.41, 5.74) is 5.98. The van der Waals surface area contributed by atoms with Gasteiger partial charge in [-0.2, -0.15) is 4.98 Å². The van der Waals surface area contributed by atoms with E-state index < -0.39 is 0 Å². The molecule has 1 aromatic rings. The lowest BCUT2D eigenvalue weighted by molar-refractivity contribution is -0.117. The van der Waals surface area contributed by atoms with Crippen LogP contribution in [0, 0.1) is 6.92 Å². The maximum Gasteiger partial charge on any atom is 0.224 e. The van der Waals surface area contributed by atoms with E-state index in [1.807, 2.05) is 13.8 Å². The maximum absolute atomic E-state index is 10.6. The molecule has 0 fully saturated rings. The number of aryl methyl sites for hydroxylation is 1. The summed E-state index contributed by atoms with van der Waals surface area (Å²) >= 11 is 0. The van der Waals surface area contributed by atoms with E-state index in [1.54, 1.807) is 6.20 Å². The zero-order chi connectivity index (χ0) is 12.0. The molecule has 0 atom stereocenters. The summed E-state index contributed by atoms with van der Waals surface area (Å²) in [5.74, 6) is 0.980. The van der Waals surface area contributed by atoms with Crippen LogP contribution in [0.15, 0.2) is 6.20 Å². The molecular formula is C10H17N5O. The highest BCUT2D eigenvalue weighted by atomic mass is 16.1. The number of primary amides is 1. The Morgan fingerprint density at radius 1 is 1.50 bits per heavy atom. The number of hydrogen-bond acceptors (Lipinski definition) is 5. The lowest BCUT2D eigenvalue weighted by atomic mass is 10.3. The van der Waals surface area contributed by atoms with Gasteiger partial charge in [-0.3, -0.25) is 4.79 Å². The SMILES string of the molecule is CCNc1ncc(C)c(NCCC(N)=O)n1. The van der Waals surface area contributed by atoms with Gasteiger partial charge in [0, 0.05) is 31.3 Å². The molecule has 1 aromatic heterocycles. The Labute approximate surface area is 94.7 Å². The van der Waals surface area contributed by atoms with Gasteiger partial charge in [-0.05, 0) is 13.8 Å². The number of anilines is 2. The number of aromatic nitrogens is 2. The normalized spacial score (nSPS) is 9.88. The van der Waals surface area contributed by atoms with Gasteiger partial charge in [-0.15, -0.1) is 0 Å². The molecule has 4 N–H and O–H groups in total. The second kappa shape index (κ2) is 5.89. The number of nitrogens with two attached hydrogens (primary N) is 1. The highest BCUT2D eigenvalue weighted by molar-refractivity contribution is 5.74. The Kier molecular flexibility index (Phi) is 4.50. The molecule has 0 radical (unpaired) electrons. The van der Waals surface area contributed by atoms with Gasteiger partial charge in [0.1, 0.15) is 5.82 Å². The van der Waals surface area contributed by atoms with E-state index in [4.69, 9.17) is 5.73 Å². The first-order valence-electron chi connectivity index (χ1n) is 5.23. The van der Waals surface area contributed by atoms with Crippen LogP contribution in [0.4, 0.5) is 11.8 Å². The summed E-state index contributed by atoms with van der Waals surface area (Å²) in [5, 5.41) is 6.07. The molecule has 1 rings (SSSR count). The van der Waals surface area contributed by atoms with Crippen molar-refractivity contribution in [2.75, 3.05) is 23.7 Å². The first-order chi connectivity index (χ1) is 7.63. The van der Waals surface area contributed by atoms with Crippen LogP contribution in [0.1, 0.15) is 18.9 Å². The van der Waals surface area contributed by atoms with Gasteiger partial charge < -0.3 is 16.4 Å². The predicted molar refractivity (Wildman–Crippen MR) is 63.2 cm³/mol. The predicted octanol–water partition coefficient (Wildman–Crippen LogP) is 0.504. The highest BCUT2D eigenvalue weighted by Gasteiger charge is 2.03. The zero-order valence-electron chi connectivity index (χ0n) is 9.58. The topological polar surface area (TPSA) is 92.9 Å². The molecule has 1 heterocycles. The fraction of sp³-hybridized carbons (Fsp3) is 0.500. The van der Waals surface area contributed by atoms with Crippen molar-refractivity contribution < 1.29 is 4.79 Å². The van der Waals surface area contributed by atoms with E-state index in [0.717, 1.165) is 17.9 Å². The smallest absolute Gasteiger partial charge is 0.224 e. The maximum atomic E-state index is 10.6. The van der Waals surface area contributed by atoms with Crippen molar-refractivity contribution in [3.63, 3.8) is 0 Å². The molecule has 0 unspecified atom stereocenters. The summed E-state index contributed by atoms with van der Waals surface area (Å²) in [6.07, 6.45) is 2.03. The number of carbonyl (C=O) groups is 1. The molecule has 0 saturated carbocycles. The molecule has 6 nitrogen and oxygen atoms in total. The minimum absolute atomic E-state index is 0.292. The van der Waals surface area contributed by atoms with Crippen molar-refractivity contribution in [1.29, 1.82) is 0 Å². The first-order valence-corrected chi connectivity index (χ1v) is 5.23. The van der Waals surface area contributed by atoms with Crippen molar-refractivity contribution in [3.05, 3.63) is 11.8 Å². The number of hydrogen-bond donors (Lipinski definition) is 3. The number of rotatable bonds is 6. The summed E-state index contributed by atoms with van der Waals surface area (Å²) < 4.78 is 0. The van der Waals surface area contributed by atoms with Gasteiger partial charge in [0.25, 0.3) is 0 Å². The van der Waals surface area contributed by atoms with Gasteiger partial charge in [0.05, 0.1) is 0 Å². The molecular weight excluding hydrogens is 206 g/mol. The largest absolute Gasteiger partial charge is 0.370 e. The third-order valence-corrected chi connectivity index (χ3v) is 1.97. The highest BCUT2D eigenvalue weighted by Crippen LogP contribution is 2.12. The molecule has 0 bridgehead atoms. The standard InChI is InChI=1S/C10H17N5O/c1-3-12-10-14-6-7(2)9(15-10)13-5-4-8(11)16/h6H,3-5H2,1-2H3,(H2,11,16)(H2,12,13,14,15). The molecule has 88 valence electrons. The van der Waals surface area contributed by atoms with Crippen LogP contribution in [0.2, 0.25) is 0 Å². The minimum Gasteiger partial charge on any atom is -0.370 e. The average molecular weight is 223 g/mol. The van der Waals surface area contributed by atoms with Crippen molar-refractivity contribution in [2.45, 2.75) is 20.3 Å². The van der Waals surface area contributed by atoms with E-state index in [0.29, 0.717) is 18.9 Å². The van der Waals surface area contributed by atoms with Gasteiger partial charge in [0.15, 0.2) is 0 Å². The van der Waals surface area contributed by atoms with Gasteiger partial charge >= 0.3 is 0 Å². The third-order valence-electron chi connectivity index (χ3n) is 1.97. The Balaban J connectivity index is 2.62. The van der Waals surface area contributed by atoms with Gasteiger partial charge in [-0.25, -0.2) is 4.98 Å². The second-order valence-electron chi connectivity index (χ2n) is 3.40. The second-order valence-corrected chi connectivity index (χ2v) is 3.40. The molecule has 6 heteroatoms. The zero-order valence-corrected chi connectivity index (χ0v) is 9.58. The Bertz CT molecular complexity index is 366. The van der Waals surface area contributed by atoms with Crippen molar-refractivity contribution >= 4 is 17.7 Å². The molecule has 0 aromatic carbocycles. The summed E-state index contributed by atoms with van der Waals surface area (Å²) in [6, 6.07) is 0. The Morgan fingerprint density at radius 2 is 2.25 bits per heavy atom. The van der Waals surface area contributed by atoms with E-state index in [1.165, 1.54) is 0 Å². The lowest BCUT2D eigenvalue weighted by Crippen LogP contribution is -2.17. The fourth-order valence-corrected chi connectivity index (χ4v) is 1.17. The number of nitrogens with zero attached hydrogens (tertiary/aromatic N) is 2. The molecule has 0 aliphatic rings. The van der Waals surface area contributed by atoms with Crippen LogP contribution in [0.5, 0.6) is 0 Å². The van der Waals surface area contributed by atoms with Crippen LogP contribution in [0.25, 0.3) is 0 Å². The van der Waals surface area contributed by atoms with Crippen molar-refractivity contribution in [3.8, 4) is 0 Å². The van der Waals surface area contributed by atoms with Crippen LogP contribution in [-0.2, 0) is 4.79 Å². The monoisotopic (exact) mass is 223 g/mol. The minimum atomic E-state index is -0.328. The van der Waals surface area contributed by atoms with Crippen molar-refractivity contribution in [2.24, 2.45) is 5.73 Å². The fourth-order valence-electron chi connectivity index (χ4n) is 1.17. The van der Waals surface area contributed by atoms with Crippen molar-refractivity contribution in [1.82, 2.24) is 9.97 Å². The van der Waals surface area contributed by atoms with Crippen LogP contribution in [-0.4, -0.2) is 29.0 Å². The molecule has 1 amide bonds. The quantitative estimate of drug-likeness (QED) is 0.653. The molecule has 0 aliphatic carbocycles. The van der Waals surface area contributed by atoms with Gasteiger partial charge in [0.2, 0.25) is 11.9 Å². The number of nitrogens with one attached hydrogen (secondary N) is 2. The van der Waals surface area contributed by atoms with E-state index in [2.05, 4.69) is 20.6 Å². The summed E-state index contributed by atoms with van der Waals surface area (Å²) in [4.78, 5) is 19.0. The van der Waals surface area contributed by atoms with Crippen LogP contribution in [0.3, 0.4) is 0 Å². The van der Waals surface area contributed by atoms with Crippen LogP contribution < -0.4 is 16.4 Å². The molecule has 0 spiro atoms. The third kappa shape index (κ3) is 3.72. The van der Waals surface area contributed by atoms with Crippen LogP contribution >= 0.6 is 0 Å². The summed E-state index contributed by atoms with van der Waals surface area (Å²) in [6.45, 7) is 5.13. The summed E-state index contributed by atoms with van der Waals surface area (Å²) in [7, 11) is 0. The molecule has 16 heavy (non-hydrogen) atoms. The molecule has 0 saturated heterocycles. The number of carbonyl (C=O) groups excluding carboxylic acids is 1. The van der Waals surface area contributed by atoms with E-state index in [-0.39, 0.29) is 5.91 Å². The number of amides is 1. The van der Waals surface area contributed by atoms with Gasteiger partial charge in [-0.1, -0.05) is 0 Å². The van der Waals surface area contributed by atoms with E-state index >= 15 is 0 Å². The average Bonchev–Trinajstić information content (AvgIpc) is 2.22. The first kappa shape index (κ1) is 12.2. The lowest BCUT2D eigenvalue weighted by Gasteiger charge is -2.09. The Morgan fingerprint density at radius 3 is 2.88 bits per heavy atom. The van der Waals surface area contributed by atoms with E-state index in [9.17, 15) is 4.79 Å². The molecule has 0 aliphatic heterocycles. The Hall–Kier alpha value is -1.85.